The first-order valence-corrected chi connectivity index (χ1v) is 9.05. The van der Waals surface area contributed by atoms with Crippen molar-refractivity contribution in [1.82, 2.24) is 15.1 Å². The van der Waals surface area contributed by atoms with Crippen molar-refractivity contribution in [3.63, 3.8) is 0 Å². The molecule has 1 amide bonds. The van der Waals surface area contributed by atoms with E-state index in [1.54, 1.807) is 0 Å². The molecule has 1 atom stereocenters. The molecule has 3 fully saturated rings. The summed E-state index contributed by atoms with van der Waals surface area (Å²) in [4.78, 5) is 17.2. The van der Waals surface area contributed by atoms with Crippen LogP contribution in [0, 0.1) is 11.8 Å². The van der Waals surface area contributed by atoms with Crippen molar-refractivity contribution in [3.8, 4) is 0 Å². The van der Waals surface area contributed by atoms with Crippen molar-refractivity contribution < 1.29 is 4.79 Å². The van der Waals surface area contributed by atoms with Crippen LogP contribution in [0.25, 0.3) is 0 Å². The number of rotatable bonds is 3. The van der Waals surface area contributed by atoms with Gasteiger partial charge in [0.25, 0.3) is 0 Å². The second-order valence-electron chi connectivity index (χ2n) is 7.17. The van der Waals surface area contributed by atoms with Gasteiger partial charge in [-0.1, -0.05) is 19.3 Å². The molecule has 2 aliphatic heterocycles. The highest BCUT2D eigenvalue weighted by Crippen LogP contribution is 2.25. The molecule has 0 radical (unpaired) electrons. The Hall–Kier alpha value is -0.610. The zero-order chi connectivity index (χ0) is 14.5. The van der Waals surface area contributed by atoms with Crippen molar-refractivity contribution in [1.29, 1.82) is 0 Å². The van der Waals surface area contributed by atoms with Gasteiger partial charge in [0.15, 0.2) is 0 Å². The highest BCUT2D eigenvalue weighted by atomic mass is 16.2. The Labute approximate surface area is 129 Å². The van der Waals surface area contributed by atoms with Crippen molar-refractivity contribution >= 4 is 5.91 Å². The van der Waals surface area contributed by atoms with Gasteiger partial charge in [-0.25, -0.2) is 0 Å². The standard InChI is InChI=1S/C17H31N3O/c21-17(16-7-4-8-18-13-16)20-11-9-19(10-12-20)14-15-5-2-1-3-6-15/h15-16,18H,1-14H2. The average Bonchev–Trinajstić information content (AvgIpc) is 2.57. The Bertz CT molecular complexity index is 327. The fourth-order valence-corrected chi connectivity index (χ4v) is 4.21. The molecule has 21 heavy (non-hydrogen) atoms. The van der Waals surface area contributed by atoms with E-state index < -0.39 is 0 Å². The minimum absolute atomic E-state index is 0.239. The lowest BCUT2D eigenvalue weighted by molar-refractivity contribution is -0.137. The van der Waals surface area contributed by atoms with Gasteiger partial charge in [-0.3, -0.25) is 9.69 Å². The summed E-state index contributed by atoms with van der Waals surface area (Å²) in [7, 11) is 0. The largest absolute Gasteiger partial charge is 0.340 e. The Morgan fingerprint density at radius 2 is 1.71 bits per heavy atom. The minimum Gasteiger partial charge on any atom is -0.340 e. The molecule has 1 saturated carbocycles. The number of nitrogens with zero attached hydrogens (tertiary/aromatic N) is 2. The van der Waals surface area contributed by atoms with Crippen LogP contribution >= 0.6 is 0 Å². The molecule has 3 aliphatic rings. The Morgan fingerprint density at radius 3 is 2.38 bits per heavy atom. The molecule has 1 aliphatic carbocycles. The third kappa shape index (κ3) is 4.19. The van der Waals surface area contributed by atoms with Crippen LogP contribution < -0.4 is 5.32 Å². The molecule has 0 spiro atoms. The van der Waals surface area contributed by atoms with Gasteiger partial charge < -0.3 is 10.2 Å². The predicted octanol–water partition coefficient (Wildman–Crippen LogP) is 1.71. The highest BCUT2D eigenvalue weighted by molar-refractivity contribution is 5.79. The number of hydrogen-bond acceptors (Lipinski definition) is 3. The molecule has 2 saturated heterocycles. The van der Waals surface area contributed by atoms with Gasteiger partial charge in [0, 0.05) is 39.3 Å². The van der Waals surface area contributed by atoms with Gasteiger partial charge in [0.2, 0.25) is 5.91 Å². The maximum absolute atomic E-state index is 12.5. The molecule has 0 aromatic heterocycles. The van der Waals surface area contributed by atoms with Gasteiger partial charge in [-0.15, -0.1) is 0 Å². The smallest absolute Gasteiger partial charge is 0.227 e. The zero-order valence-electron chi connectivity index (χ0n) is 13.4. The van der Waals surface area contributed by atoms with E-state index in [1.807, 2.05) is 0 Å². The second kappa shape index (κ2) is 7.59. The summed E-state index contributed by atoms with van der Waals surface area (Å²) in [5, 5.41) is 3.36. The van der Waals surface area contributed by atoms with Crippen molar-refractivity contribution in [2.75, 3.05) is 45.8 Å². The van der Waals surface area contributed by atoms with Crippen LogP contribution in [0.5, 0.6) is 0 Å². The third-order valence-corrected chi connectivity index (χ3v) is 5.57. The van der Waals surface area contributed by atoms with E-state index in [0.717, 1.165) is 58.0 Å². The van der Waals surface area contributed by atoms with Crippen LogP contribution in [0.1, 0.15) is 44.9 Å². The number of piperidine rings is 1. The Balaban J connectivity index is 1.40. The Kier molecular flexibility index (Phi) is 5.53. The van der Waals surface area contributed by atoms with Crippen molar-refractivity contribution in [2.45, 2.75) is 44.9 Å². The molecule has 0 aromatic rings. The highest BCUT2D eigenvalue weighted by Gasteiger charge is 2.29. The molecule has 0 bridgehead atoms. The molecule has 120 valence electrons. The molecule has 1 N–H and O–H groups in total. The molecule has 3 rings (SSSR count). The monoisotopic (exact) mass is 293 g/mol. The molecule has 0 aromatic carbocycles. The molecule has 1 unspecified atom stereocenters. The van der Waals surface area contributed by atoms with Crippen LogP contribution in [0.4, 0.5) is 0 Å². The third-order valence-electron chi connectivity index (χ3n) is 5.57. The molecular weight excluding hydrogens is 262 g/mol. The summed E-state index contributed by atoms with van der Waals surface area (Å²) in [5.41, 5.74) is 0. The first-order valence-electron chi connectivity index (χ1n) is 9.05. The molecule has 4 nitrogen and oxygen atoms in total. The van der Waals surface area contributed by atoms with Crippen molar-refractivity contribution in [2.24, 2.45) is 11.8 Å². The first-order chi connectivity index (χ1) is 10.3. The summed E-state index contributed by atoms with van der Waals surface area (Å²) in [5.74, 6) is 1.56. The fourth-order valence-electron chi connectivity index (χ4n) is 4.21. The number of carbonyl (C=O) groups is 1. The zero-order valence-corrected chi connectivity index (χ0v) is 13.4. The van der Waals surface area contributed by atoms with E-state index >= 15 is 0 Å². The van der Waals surface area contributed by atoms with E-state index in [9.17, 15) is 4.79 Å². The maximum atomic E-state index is 12.5. The molecule has 2 heterocycles. The second-order valence-corrected chi connectivity index (χ2v) is 7.17. The first kappa shape index (κ1) is 15.3. The van der Waals surface area contributed by atoms with E-state index in [1.165, 1.54) is 38.6 Å². The van der Waals surface area contributed by atoms with Crippen LogP contribution in [0.15, 0.2) is 0 Å². The summed E-state index contributed by atoms with van der Waals surface area (Å²) in [6.07, 6.45) is 9.37. The maximum Gasteiger partial charge on any atom is 0.227 e. The SMILES string of the molecule is O=C(C1CCCNC1)N1CCN(CC2CCCCC2)CC1. The van der Waals surface area contributed by atoms with Crippen LogP contribution in [0.3, 0.4) is 0 Å². The molecular formula is C17H31N3O. The van der Waals surface area contributed by atoms with Gasteiger partial charge in [0.1, 0.15) is 0 Å². The van der Waals surface area contributed by atoms with Crippen LogP contribution in [0.2, 0.25) is 0 Å². The predicted molar refractivity (Wildman–Crippen MR) is 85.2 cm³/mol. The summed E-state index contributed by atoms with van der Waals surface area (Å²) >= 11 is 0. The number of amides is 1. The van der Waals surface area contributed by atoms with E-state index in [0.29, 0.717) is 5.91 Å². The van der Waals surface area contributed by atoms with Crippen molar-refractivity contribution in [3.05, 3.63) is 0 Å². The van der Waals surface area contributed by atoms with Gasteiger partial charge >= 0.3 is 0 Å². The Morgan fingerprint density at radius 1 is 0.952 bits per heavy atom. The van der Waals surface area contributed by atoms with E-state index in [-0.39, 0.29) is 5.92 Å². The van der Waals surface area contributed by atoms with Crippen LogP contribution in [-0.2, 0) is 4.79 Å². The van der Waals surface area contributed by atoms with Gasteiger partial charge in [-0.2, -0.15) is 0 Å². The lowest BCUT2D eigenvalue weighted by atomic mass is 9.89. The lowest BCUT2D eigenvalue weighted by Gasteiger charge is -2.39. The average molecular weight is 293 g/mol. The van der Waals surface area contributed by atoms with Crippen LogP contribution in [-0.4, -0.2) is 61.5 Å². The van der Waals surface area contributed by atoms with E-state index in [2.05, 4.69) is 15.1 Å². The summed E-state index contributed by atoms with van der Waals surface area (Å²) in [6, 6.07) is 0. The lowest BCUT2D eigenvalue weighted by Crippen LogP contribution is -2.52. The number of carbonyl (C=O) groups excluding carboxylic acids is 1. The topological polar surface area (TPSA) is 35.6 Å². The number of nitrogens with one attached hydrogen (secondary N) is 1. The number of hydrogen-bond donors (Lipinski definition) is 1. The quantitative estimate of drug-likeness (QED) is 0.860. The summed E-state index contributed by atoms with van der Waals surface area (Å²) in [6.45, 7) is 7.31. The fraction of sp³-hybridized carbons (Fsp3) is 0.941. The minimum atomic E-state index is 0.239. The van der Waals surface area contributed by atoms with E-state index in [4.69, 9.17) is 0 Å². The normalized spacial score (nSPS) is 29.5. The summed E-state index contributed by atoms with van der Waals surface area (Å²) < 4.78 is 0. The number of piperazine rings is 1. The van der Waals surface area contributed by atoms with Gasteiger partial charge in [-0.05, 0) is 38.1 Å². The molecule has 4 heteroatoms. The van der Waals surface area contributed by atoms with Gasteiger partial charge in [0.05, 0.1) is 5.92 Å².